The number of nitrogens with two attached hydrogens (primary N) is 1. The van der Waals surface area contributed by atoms with Gasteiger partial charge in [-0.1, -0.05) is 34.1 Å². The van der Waals surface area contributed by atoms with Crippen LogP contribution < -0.4 is 5.73 Å². The van der Waals surface area contributed by atoms with E-state index < -0.39 is 0 Å². The Bertz CT molecular complexity index is 508. The minimum atomic E-state index is 0.859. The van der Waals surface area contributed by atoms with E-state index in [2.05, 4.69) is 53.2 Å². The van der Waals surface area contributed by atoms with E-state index in [0.717, 1.165) is 20.8 Å². The molecule has 2 rings (SSSR count). The van der Waals surface area contributed by atoms with Gasteiger partial charge in [0, 0.05) is 20.8 Å². The molecule has 0 aliphatic rings. The van der Waals surface area contributed by atoms with Gasteiger partial charge in [-0.2, -0.15) is 0 Å². The Morgan fingerprint density at radius 1 is 1.12 bits per heavy atom. The monoisotopic (exact) mass is 307 g/mol. The molecular formula is C14H14BrNS. The van der Waals surface area contributed by atoms with Crippen LogP contribution in [0.4, 0.5) is 5.69 Å². The quantitative estimate of drug-likeness (QED) is 0.661. The van der Waals surface area contributed by atoms with Crippen LogP contribution >= 0.6 is 27.7 Å². The third-order valence-electron chi connectivity index (χ3n) is 2.48. The number of nitrogen functional groups attached to an aromatic ring is 1. The van der Waals surface area contributed by atoms with Crippen molar-refractivity contribution < 1.29 is 0 Å². The minimum absolute atomic E-state index is 0.859. The summed E-state index contributed by atoms with van der Waals surface area (Å²) in [5, 5.41) is 0. The summed E-state index contributed by atoms with van der Waals surface area (Å²) in [6, 6.07) is 14.5. The molecule has 0 amide bonds. The van der Waals surface area contributed by atoms with Crippen molar-refractivity contribution in [3.05, 3.63) is 58.1 Å². The van der Waals surface area contributed by atoms with Crippen LogP contribution in [0.3, 0.4) is 0 Å². The summed E-state index contributed by atoms with van der Waals surface area (Å²) in [7, 11) is 0. The van der Waals surface area contributed by atoms with E-state index in [1.807, 2.05) is 12.1 Å². The molecule has 1 nitrogen and oxygen atoms in total. The SMILES string of the molecule is Cc1ccc(N)c(SCc2ccc(Br)cc2)c1. The van der Waals surface area contributed by atoms with Gasteiger partial charge in [-0.25, -0.2) is 0 Å². The molecule has 0 aliphatic heterocycles. The Morgan fingerprint density at radius 3 is 2.53 bits per heavy atom. The zero-order valence-corrected chi connectivity index (χ0v) is 12.0. The lowest BCUT2D eigenvalue weighted by molar-refractivity contribution is 1.34. The molecule has 0 aliphatic carbocycles. The maximum absolute atomic E-state index is 5.95. The Hall–Kier alpha value is -0.930. The van der Waals surface area contributed by atoms with E-state index in [1.165, 1.54) is 11.1 Å². The van der Waals surface area contributed by atoms with Crippen molar-refractivity contribution in [2.24, 2.45) is 0 Å². The van der Waals surface area contributed by atoms with Gasteiger partial charge in [0.25, 0.3) is 0 Å². The third-order valence-corrected chi connectivity index (χ3v) is 4.15. The van der Waals surface area contributed by atoms with Crippen molar-refractivity contribution in [1.82, 2.24) is 0 Å². The summed E-state index contributed by atoms with van der Waals surface area (Å²) in [6.45, 7) is 2.09. The first kappa shape index (κ1) is 12.5. The Morgan fingerprint density at radius 2 is 1.82 bits per heavy atom. The van der Waals surface area contributed by atoms with Crippen LogP contribution in [-0.2, 0) is 5.75 Å². The normalized spacial score (nSPS) is 10.5. The van der Waals surface area contributed by atoms with Crippen LogP contribution in [0.2, 0.25) is 0 Å². The van der Waals surface area contributed by atoms with Crippen LogP contribution in [-0.4, -0.2) is 0 Å². The molecular weight excluding hydrogens is 294 g/mol. The topological polar surface area (TPSA) is 26.0 Å². The van der Waals surface area contributed by atoms with Gasteiger partial charge in [-0.05, 0) is 42.3 Å². The van der Waals surface area contributed by atoms with Crippen molar-refractivity contribution in [3.63, 3.8) is 0 Å². The molecule has 0 heterocycles. The average Bonchev–Trinajstić information content (AvgIpc) is 2.32. The van der Waals surface area contributed by atoms with E-state index in [-0.39, 0.29) is 0 Å². The molecule has 0 bridgehead atoms. The molecule has 0 aromatic heterocycles. The van der Waals surface area contributed by atoms with Gasteiger partial charge < -0.3 is 5.73 Å². The molecule has 0 spiro atoms. The molecule has 2 N–H and O–H groups in total. The summed E-state index contributed by atoms with van der Waals surface area (Å²) in [5.41, 5.74) is 9.36. The second-order valence-corrected chi connectivity index (χ2v) is 5.89. The second kappa shape index (κ2) is 5.61. The number of benzene rings is 2. The van der Waals surface area contributed by atoms with Crippen LogP contribution in [0.15, 0.2) is 51.8 Å². The fourth-order valence-corrected chi connectivity index (χ4v) is 2.79. The largest absolute Gasteiger partial charge is 0.398 e. The highest BCUT2D eigenvalue weighted by Crippen LogP contribution is 2.29. The zero-order valence-electron chi connectivity index (χ0n) is 9.61. The predicted octanol–water partition coefficient (Wildman–Crippen LogP) is 4.63. The summed E-state index contributed by atoms with van der Waals surface area (Å²) >= 11 is 5.22. The number of aryl methyl sites for hydroxylation is 1. The molecule has 88 valence electrons. The lowest BCUT2D eigenvalue weighted by Crippen LogP contribution is -1.89. The minimum Gasteiger partial charge on any atom is -0.398 e. The first-order valence-electron chi connectivity index (χ1n) is 5.38. The molecule has 0 fully saturated rings. The molecule has 3 heteroatoms. The lowest BCUT2D eigenvalue weighted by atomic mass is 10.2. The van der Waals surface area contributed by atoms with Crippen molar-refractivity contribution in [2.75, 3.05) is 5.73 Å². The number of halogens is 1. The van der Waals surface area contributed by atoms with Crippen LogP contribution in [0.25, 0.3) is 0 Å². The molecule has 0 unspecified atom stereocenters. The Balaban J connectivity index is 2.07. The standard InChI is InChI=1S/C14H14BrNS/c1-10-2-7-13(16)14(8-10)17-9-11-3-5-12(15)6-4-11/h2-8H,9,16H2,1H3. The lowest BCUT2D eigenvalue weighted by Gasteiger charge is -2.06. The van der Waals surface area contributed by atoms with Crippen LogP contribution in [0.5, 0.6) is 0 Å². The predicted molar refractivity (Wildman–Crippen MR) is 79.3 cm³/mol. The number of hydrogen-bond donors (Lipinski definition) is 1. The molecule has 0 saturated carbocycles. The first-order valence-corrected chi connectivity index (χ1v) is 7.16. The molecule has 2 aromatic carbocycles. The second-order valence-electron chi connectivity index (χ2n) is 3.96. The van der Waals surface area contributed by atoms with Gasteiger partial charge in [-0.3, -0.25) is 0 Å². The Kier molecular flexibility index (Phi) is 4.13. The summed E-state index contributed by atoms with van der Waals surface area (Å²) in [4.78, 5) is 1.16. The van der Waals surface area contributed by atoms with Gasteiger partial charge >= 0.3 is 0 Å². The van der Waals surface area contributed by atoms with Crippen molar-refractivity contribution in [2.45, 2.75) is 17.6 Å². The number of rotatable bonds is 3. The van der Waals surface area contributed by atoms with Crippen LogP contribution in [0, 0.1) is 6.92 Å². The highest BCUT2D eigenvalue weighted by atomic mass is 79.9. The van der Waals surface area contributed by atoms with Gasteiger partial charge in [0.1, 0.15) is 0 Å². The molecule has 0 radical (unpaired) electrons. The van der Waals surface area contributed by atoms with E-state index in [9.17, 15) is 0 Å². The molecule has 17 heavy (non-hydrogen) atoms. The third kappa shape index (κ3) is 3.51. The highest BCUT2D eigenvalue weighted by molar-refractivity contribution is 9.10. The zero-order chi connectivity index (χ0) is 12.3. The summed E-state index contributed by atoms with van der Waals surface area (Å²) in [5.74, 6) is 0.945. The first-order chi connectivity index (χ1) is 8.15. The number of hydrogen-bond acceptors (Lipinski definition) is 2. The number of anilines is 1. The van der Waals surface area contributed by atoms with Gasteiger partial charge in [0.05, 0.1) is 0 Å². The van der Waals surface area contributed by atoms with E-state index in [4.69, 9.17) is 5.73 Å². The van der Waals surface area contributed by atoms with Gasteiger partial charge in [0.15, 0.2) is 0 Å². The maximum atomic E-state index is 5.95. The van der Waals surface area contributed by atoms with Crippen molar-refractivity contribution in [1.29, 1.82) is 0 Å². The smallest absolute Gasteiger partial charge is 0.0452 e. The Labute approximate surface area is 115 Å². The van der Waals surface area contributed by atoms with E-state index in [0.29, 0.717) is 0 Å². The van der Waals surface area contributed by atoms with E-state index in [1.54, 1.807) is 11.8 Å². The van der Waals surface area contributed by atoms with Crippen molar-refractivity contribution >= 4 is 33.4 Å². The van der Waals surface area contributed by atoms with Crippen LogP contribution in [0.1, 0.15) is 11.1 Å². The van der Waals surface area contributed by atoms with Gasteiger partial charge in [0.2, 0.25) is 0 Å². The maximum Gasteiger partial charge on any atom is 0.0452 e. The van der Waals surface area contributed by atoms with E-state index >= 15 is 0 Å². The van der Waals surface area contributed by atoms with Crippen molar-refractivity contribution in [3.8, 4) is 0 Å². The fraction of sp³-hybridized carbons (Fsp3) is 0.143. The fourth-order valence-electron chi connectivity index (χ4n) is 1.51. The summed E-state index contributed by atoms with van der Waals surface area (Å²) in [6.07, 6.45) is 0. The highest BCUT2D eigenvalue weighted by Gasteiger charge is 2.01. The molecule has 0 saturated heterocycles. The summed E-state index contributed by atoms with van der Waals surface area (Å²) < 4.78 is 1.11. The molecule has 0 atom stereocenters. The molecule has 2 aromatic rings. The number of thioether (sulfide) groups is 1. The average molecular weight is 308 g/mol. The van der Waals surface area contributed by atoms with Gasteiger partial charge in [-0.15, -0.1) is 11.8 Å².